The quantitative estimate of drug-likeness (QED) is 0.0155. The summed E-state index contributed by atoms with van der Waals surface area (Å²) in [5.74, 6) is -1.06. The second kappa shape index (κ2) is 40.7. The number of hydrogen-bond acceptors (Lipinski definition) is 8. The number of esters is 2. The van der Waals surface area contributed by atoms with E-state index in [1.165, 1.54) is 57.8 Å². The normalized spacial score (nSPS) is 14.5. The predicted octanol–water partition coefficient (Wildman–Crippen LogP) is 11.3. The fraction of sp³-hybridized carbons (Fsp3) is 0.617. The minimum Gasteiger partial charge on any atom is -0.462 e. The van der Waals surface area contributed by atoms with Crippen LogP contribution in [0.1, 0.15) is 155 Å². The monoisotopic (exact) mass is 833 g/mol. The van der Waals surface area contributed by atoms with Crippen molar-refractivity contribution in [3.8, 4) is 0 Å². The number of rotatable bonds is 38. The van der Waals surface area contributed by atoms with Crippen LogP contribution in [0.3, 0.4) is 0 Å². The number of unbranched alkanes of at least 4 members (excludes halogenated alkanes) is 12. The molecule has 11 heteroatoms. The molecule has 0 aliphatic carbocycles. The fourth-order valence-corrected chi connectivity index (χ4v) is 5.85. The first-order valence-corrected chi connectivity index (χ1v) is 23.3. The molecule has 0 aromatic rings. The molecule has 0 saturated carbocycles. The molecular weight excluding hydrogens is 755 g/mol. The number of phosphoric ester groups is 1. The Morgan fingerprint density at radius 2 is 1.05 bits per heavy atom. The Kier molecular flexibility index (Phi) is 38.5. The maximum Gasteiger partial charge on any atom is 0.469 e. The number of aliphatic hydroxyl groups is 2. The number of aliphatic hydroxyl groups excluding tert-OH is 2. The summed E-state index contributed by atoms with van der Waals surface area (Å²) in [6, 6.07) is 0. The van der Waals surface area contributed by atoms with Gasteiger partial charge < -0.3 is 29.5 Å². The van der Waals surface area contributed by atoms with Gasteiger partial charge >= 0.3 is 19.8 Å². The summed E-state index contributed by atoms with van der Waals surface area (Å²) in [6.45, 7) is 3.32. The van der Waals surface area contributed by atoms with Gasteiger partial charge in [-0.1, -0.05) is 169 Å². The van der Waals surface area contributed by atoms with E-state index in [4.69, 9.17) is 19.3 Å². The third-order valence-corrected chi connectivity index (χ3v) is 9.25. The largest absolute Gasteiger partial charge is 0.469 e. The van der Waals surface area contributed by atoms with Gasteiger partial charge in [0.05, 0.1) is 18.8 Å². The van der Waals surface area contributed by atoms with E-state index in [0.717, 1.165) is 38.5 Å². The van der Waals surface area contributed by atoms with Gasteiger partial charge in [-0.25, -0.2) is 4.57 Å². The molecule has 0 aromatic heterocycles. The van der Waals surface area contributed by atoms with E-state index >= 15 is 0 Å². The molecule has 0 amide bonds. The third kappa shape index (κ3) is 42.5. The van der Waals surface area contributed by atoms with E-state index in [-0.39, 0.29) is 19.4 Å². The molecular formula is C47H77O10P. The van der Waals surface area contributed by atoms with Crippen LogP contribution >= 0.6 is 7.82 Å². The average Bonchev–Trinajstić information content (AvgIpc) is 3.18. The fourth-order valence-electron chi connectivity index (χ4n) is 5.49. The Morgan fingerprint density at radius 3 is 1.60 bits per heavy atom. The molecule has 0 rings (SSSR count). The number of ether oxygens (including phenoxy) is 2. The lowest BCUT2D eigenvalue weighted by molar-refractivity contribution is -0.161. The smallest absolute Gasteiger partial charge is 0.462 e. The minimum absolute atomic E-state index is 0.0242. The van der Waals surface area contributed by atoms with Gasteiger partial charge in [0, 0.05) is 12.8 Å². The molecule has 0 spiro atoms. The van der Waals surface area contributed by atoms with E-state index in [1.54, 1.807) is 36.5 Å². The summed E-state index contributed by atoms with van der Waals surface area (Å²) in [5.41, 5.74) is 0. The summed E-state index contributed by atoms with van der Waals surface area (Å²) in [7, 11) is -4.81. The van der Waals surface area contributed by atoms with Crippen molar-refractivity contribution < 1.29 is 48.2 Å². The van der Waals surface area contributed by atoms with E-state index in [0.29, 0.717) is 32.1 Å². The topological polar surface area (TPSA) is 160 Å². The Balaban J connectivity index is 4.16. The maximum absolute atomic E-state index is 12.4. The van der Waals surface area contributed by atoms with E-state index in [9.17, 15) is 24.4 Å². The zero-order chi connectivity index (χ0) is 42.8. The molecule has 0 unspecified atom stereocenters. The molecule has 10 nitrogen and oxygen atoms in total. The van der Waals surface area contributed by atoms with Crippen LogP contribution in [0.5, 0.6) is 0 Å². The van der Waals surface area contributed by atoms with Crippen molar-refractivity contribution in [1.82, 2.24) is 0 Å². The highest BCUT2D eigenvalue weighted by atomic mass is 31.2. The van der Waals surface area contributed by atoms with Crippen molar-refractivity contribution in [3.05, 3.63) is 97.2 Å². The zero-order valence-electron chi connectivity index (χ0n) is 35.6. The Morgan fingerprint density at radius 1 is 0.552 bits per heavy atom. The molecule has 0 fully saturated rings. The number of carbonyl (C=O) groups is 2. The first kappa shape index (κ1) is 54.9. The molecule has 0 aromatic carbocycles. The van der Waals surface area contributed by atoms with Crippen molar-refractivity contribution in [3.63, 3.8) is 0 Å². The van der Waals surface area contributed by atoms with Gasteiger partial charge in [0.1, 0.15) is 6.61 Å². The van der Waals surface area contributed by atoms with Crippen molar-refractivity contribution in [1.29, 1.82) is 0 Å². The van der Waals surface area contributed by atoms with Crippen molar-refractivity contribution in [2.75, 3.05) is 13.2 Å². The van der Waals surface area contributed by atoms with Gasteiger partial charge in [0.25, 0.3) is 0 Å². The predicted molar refractivity (Wildman–Crippen MR) is 237 cm³/mol. The van der Waals surface area contributed by atoms with Crippen LogP contribution in [-0.2, 0) is 28.2 Å². The first-order valence-electron chi connectivity index (χ1n) is 21.7. The van der Waals surface area contributed by atoms with Gasteiger partial charge in [-0.05, 0) is 70.6 Å². The van der Waals surface area contributed by atoms with Gasteiger partial charge in [-0.3, -0.25) is 14.1 Å². The van der Waals surface area contributed by atoms with E-state index < -0.39 is 44.7 Å². The van der Waals surface area contributed by atoms with Gasteiger partial charge in [-0.15, -0.1) is 0 Å². The Hall–Kier alpha value is -3.11. The molecule has 0 bridgehead atoms. The molecule has 4 N–H and O–H groups in total. The van der Waals surface area contributed by atoms with Crippen LogP contribution in [0.2, 0.25) is 0 Å². The maximum atomic E-state index is 12.4. The van der Waals surface area contributed by atoms with Gasteiger partial charge in [0.15, 0.2) is 6.10 Å². The molecule has 0 aliphatic rings. The van der Waals surface area contributed by atoms with Crippen molar-refractivity contribution >= 4 is 19.8 Å². The second-order valence-electron chi connectivity index (χ2n) is 14.3. The van der Waals surface area contributed by atoms with E-state index in [1.807, 2.05) is 43.4 Å². The van der Waals surface area contributed by atoms with E-state index in [2.05, 4.69) is 35.8 Å². The SMILES string of the molecule is CC/C=C\C[C@H](O)/C=C/C=C\C=C\[C@H](O)C/C=C\C/C=C\CCC(=O)O[C@H](COC(=O)CCCCCCCCCCC/C=C\C/C=C\CCCCC)COP(=O)(O)O. The van der Waals surface area contributed by atoms with Crippen molar-refractivity contribution in [2.45, 2.75) is 173 Å². The highest BCUT2D eigenvalue weighted by Gasteiger charge is 2.22. The zero-order valence-corrected chi connectivity index (χ0v) is 36.5. The lowest BCUT2D eigenvalue weighted by Gasteiger charge is -2.18. The first-order chi connectivity index (χ1) is 28.1. The van der Waals surface area contributed by atoms with Crippen LogP contribution in [0.15, 0.2) is 97.2 Å². The summed E-state index contributed by atoms with van der Waals surface area (Å²) in [4.78, 5) is 42.9. The molecule has 0 radical (unpaired) electrons. The van der Waals surface area contributed by atoms with Gasteiger partial charge in [0.2, 0.25) is 0 Å². The highest BCUT2D eigenvalue weighted by Crippen LogP contribution is 2.36. The number of hydrogen-bond donors (Lipinski definition) is 4. The lowest BCUT2D eigenvalue weighted by atomic mass is 10.1. The number of phosphoric acid groups is 1. The lowest BCUT2D eigenvalue weighted by Crippen LogP contribution is -2.29. The Labute approximate surface area is 350 Å². The molecule has 0 saturated heterocycles. The summed E-state index contributed by atoms with van der Waals surface area (Å²) in [6.07, 6.45) is 49.1. The number of allylic oxidation sites excluding steroid dienone is 12. The van der Waals surface area contributed by atoms with Crippen LogP contribution in [0.4, 0.5) is 0 Å². The van der Waals surface area contributed by atoms with Crippen LogP contribution < -0.4 is 0 Å². The van der Waals surface area contributed by atoms with Crippen LogP contribution in [-0.4, -0.2) is 63.5 Å². The molecule has 330 valence electrons. The molecule has 58 heavy (non-hydrogen) atoms. The Bertz CT molecular complexity index is 1290. The molecule has 0 aliphatic heterocycles. The average molecular weight is 833 g/mol. The van der Waals surface area contributed by atoms with Crippen molar-refractivity contribution in [2.24, 2.45) is 0 Å². The molecule has 0 heterocycles. The summed E-state index contributed by atoms with van der Waals surface area (Å²) >= 11 is 0. The standard InChI is InChI=1S/C47H77O10P/c1-3-5-7-8-9-10-11-12-13-14-15-16-17-18-19-20-21-25-33-39-46(50)55-41-45(42-56-58(52,53)54)57-47(51)40-34-26-23-22-24-30-36-44(49)38-32-28-27-31-37-43(48)35-29-6-4-2/h6,9-10,12-13,23-24,26-32,37-38,43-45,48-49H,3-5,7-8,11,14-22,25,33-36,39-42H2,1-2H3,(H2,52,53,54)/b10-9-,13-12-,26-23-,28-27-,29-6-,30-24-,37-31+,38-32+/t43-,44+,45+/m0/s1. The number of carbonyl (C=O) groups excluding carboxylic acids is 2. The van der Waals surface area contributed by atoms with Gasteiger partial charge in [-0.2, -0.15) is 0 Å². The second-order valence-corrected chi connectivity index (χ2v) is 15.6. The minimum atomic E-state index is -4.81. The molecule has 3 atom stereocenters. The van der Waals surface area contributed by atoms with Crippen LogP contribution in [0.25, 0.3) is 0 Å². The third-order valence-electron chi connectivity index (χ3n) is 8.77. The summed E-state index contributed by atoms with van der Waals surface area (Å²) < 4.78 is 26.3. The van der Waals surface area contributed by atoms with Crippen LogP contribution in [0, 0.1) is 0 Å². The summed E-state index contributed by atoms with van der Waals surface area (Å²) in [5, 5.41) is 19.9. The highest BCUT2D eigenvalue weighted by molar-refractivity contribution is 7.46.